The van der Waals surface area contributed by atoms with E-state index < -0.39 is 28.9 Å². The maximum atomic E-state index is 14.8. The quantitative estimate of drug-likeness (QED) is 0.464. The molecule has 29 heavy (non-hydrogen) atoms. The van der Waals surface area contributed by atoms with Crippen LogP contribution in [0.4, 0.5) is 17.6 Å². The second kappa shape index (κ2) is 6.70. The van der Waals surface area contributed by atoms with Crippen molar-refractivity contribution in [2.45, 2.75) is 19.4 Å². The molecule has 3 nitrogen and oxygen atoms in total. The van der Waals surface area contributed by atoms with Gasteiger partial charge in [0.1, 0.15) is 17.5 Å². The average molecular weight is 400 g/mol. The molecule has 0 aliphatic rings. The third-order valence-corrected chi connectivity index (χ3v) is 4.71. The van der Waals surface area contributed by atoms with Gasteiger partial charge < -0.3 is 5.11 Å². The molecule has 4 rings (SSSR count). The van der Waals surface area contributed by atoms with E-state index >= 15 is 0 Å². The molecular weight excluding hydrogens is 384 g/mol. The molecule has 1 N–H and O–H groups in total. The number of imidazole rings is 1. The number of pyridine rings is 1. The second-order valence-electron chi connectivity index (χ2n) is 7.29. The van der Waals surface area contributed by atoms with Gasteiger partial charge in [0, 0.05) is 29.0 Å². The van der Waals surface area contributed by atoms with Crippen molar-refractivity contribution in [2.24, 2.45) is 0 Å². The van der Waals surface area contributed by atoms with Crippen molar-refractivity contribution in [3.63, 3.8) is 0 Å². The Morgan fingerprint density at radius 2 is 1.59 bits per heavy atom. The summed E-state index contributed by atoms with van der Waals surface area (Å²) in [5.74, 6) is -2.95. The topological polar surface area (TPSA) is 37.5 Å². The molecule has 0 amide bonds. The zero-order valence-corrected chi connectivity index (χ0v) is 15.5. The Bertz CT molecular complexity index is 1220. The van der Waals surface area contributed by atoms with Gasteiger partial charge in [-0.1, -0.05) is 0 Å². The van der Waals surface area contributed by atoms with Gasteiger partial charge in [-0.05, 0) is 55.8 Å². The van der Waals surface area contributed by atoms with E-state index in [0.717, 1.165) is 12.1 Å². The van der Waals surface area contributed by atoms with Crippen LogP contribution in [-0.4, -0.2) is 14.5 Å². The SMILES string of the molecule is CC(C)(O)c1ccn2c(-c3ccc(F)c(-c4cc(F)cc(F)c4)c3)cnc2c1F. The standard InChI is InChI=1S/C22H16F4N2O/c1-22(2,29)17-5-6-28-19(11-27-21(28)20(17)26)12-3-4-18(25)16(9-12)13-7-14(23)10-15(24)8-13/h3-11,29H,1-2H3. The van der Waals surface area contributed by atoms with Gasteiger partial charge in [-0.2, -0.15) is 0 Å². The minimum atomic E-state index is -1.39. The summed E-state index contributed by atoms with van der Waals surface area (Å²) >= 11 is 0. The van der Waals surface area contributed by atoms with Gasteiger partial charge in [-0.3, -0.25) is 4.40 Å². The number of benzene rings is 2. The number of aliphatic hydroxyl groups is 1. The molecule has 0 aliphatic heterocycles. The Hall–Kier alpha value is -3.19. The first kappa shape index (κ1) is 19.1. The van der Waals surface area contributed by atoms with Gasteiger partial charge in [0.15, 0.2) is 11.5 Å². The summed E-state index contributed by atoms with van der Waals surface area (Å²) in [6.45, 7) is 2.94. The highest BCUT2D eigenvalue weighted by atomic mass is 19.1. The molecule has 2 aromatic carbocycles. The third-order valence-electron chi connectivity index (χ3n) is 4.71. The summed E-state index contributed by atoms with van der Waals surface area (Å²) in [6, 6.07) is 8.30. The van der Waals surface area contributed by atoms with E-state index in [0.29, 0.717) is 17.3 Å². The molecule has 0 aliphatic carbocycles. The zero-order valence-electron chi connectivity index (χ0n) is 15.5. The number of hydrogen-bond donors (Lipinski definition) is 1. The second-order valence-corrected chi connectivity index (χ2v) is 7.29. The molecule has 148 valence electrons. The minimum absolute atomic E-state index is 0.00213. The van der Waals surface area contributed by atoms with E-state index in [2.05, 4.69) is 4.98 Å². The summed E-state index contributed by atoms with van der Waals surface area (Å²) in [7, 11) is 0. The molecule has 7 heteroatoms. The highest BCUT2D eigenvalue weighted by Crippen LogP contribution is 2.32. The van der Waals surface area contributed by atoms with Crippen molar-refractivity contribution in [1.82, 2.24) is 9.38 Å². The number of fused-ring (bicyclic) bond motifs is 1. The first-order chi connectivity index (χ1) is 13.6. The van der Waals surface area contributed by atoms with Crippen LogP contribution in [0.15, 0.2) is 54.9 Å². The molecule has 0 atom stereocenters. The molecule has 0 spiro atoms. The lowest BCUT2D eigenvalue weighted by Gasteiger charge is -2.18. The normalized spacial score (nSPS) is 12.0. The fraction of sp³-hybridized carbons (Fsp3) is 0.136. The molecule has 2 heterocycles. The summed E-state index contributed by atoms with van der Waals surface area (Å²) in [5.41, 5.74) is -0.300. The predicted molar refractivity (Wildman–Crippen MR) is 101 cm³/mol. The van der Waals surface area contributed by atoms with E-state index in [1.54, 1.807) is 6.20 Å². The van der Waals surface area contributed by atoms with Crippen molar-refractivity contribution in [2.75, 3.05) is 0 Å². The maximum absolute atomic E-state index is 14.8. The predicted octanol–water partition coefficient (Wildman–Crippen LogP) is 5.45. The summed E-state index contributed by atoms with van der Waals surface area (Å²) in [4.78, 5) is 4.08. The highest BCUT2D eigenvalue weighted by molar-refractivity contribution is 5.73. The Morgan fingerprint density at radius 1 is 0.897 bits per heavy atom. The Balaban J connectivity index is 1.88. The summed E-state index contributed by atoms with van der Waals surface area (Å²) in [5, 5.41) is 10.1. The minimum Gasteiger partial charge on any atom is -0.386 e. The third kappa shape index (κ3) is 3.38. The Morgan fingerprint density at radius 3 is 2.24 bits per heavy atom. The van der Waals surface area contributed by atoms with Crippen LogP contribution in [0.3, 0.4) is 0 Å². The van der Waals surface area contributed by atoms with Crippen LogP contribution in [0, 0.1) is 23.3 Å². The van der Waals surface area contributed by atoms with Crippen LogP contribution in [0.1, 0.15) is 19.4 Å². The largest absolute Gasteiger partial charge is 0.386 e. The lowest BCUT2D eigenvalue weighted by Crippen LogP contribution is -2.18. The smallest absolute Gasteiger partial charge is 0.174 e. The lowest BCUT2D eigenvalue weighted by molar-refractivity contribution is 0.0746. The van der Waals surface area contributed by atoms with Crippen molar-refractivity contribution in [1.29, 1.82) is 0 Å². The number of hydrogen-bond acceptors (Lipinski definition) is 2. The zero-order chi connectivity index (χ0) is 20.9. The Labute approximate surface area is 163 Å². The summed E-state index contributed by atoms with van der Waals surface area (Å²) in [6.07, 6.45) is 2.97. The molecule has 2 aromatic heterocycles. The lowest BCUT2D eigenvalue weighted by atomic mass is 9.99. The van der Waals surface area contributed by atoms with Gasteiger partial charge in [0.2, 0.25) is 0 Å². The fourth-order valence-electron chi connectivity index (χ4n) is 3.32. The van der Waals surface area contributed by atoms with Crippen molar-refractivity contribution in [3.05, 3.63) is 83.7 Å². The highest BCUT2D eigenvalue weighted by Gasteiger charge is 2.24. The molecule has 0 fully saturated rings. The van der Waals surface area contributed by atoms with E-state index in [1.807, 2.05) is 0 Å². The van der Waals surface area contributed by atoms with Gasteiger partial charge in [0.05, 0.1) is 17.5 Å². The molecule has 0 bridgehead atoms. The van der Waals surface area contributed by atoms with E-state index in [9.17, 15) is 22.7 Å². The number of nitrogens with zero attached hydrogens (tertiary/aromatic N) is 2. The van der Waals surface area contributed by atoms with Crippen molar-refractivity contribution < 1.29 is 22.7 Å². The molecular formula is C22H16F4N2O. The first-order valence-electron chi connectivity index (χ1n) is 8.80. The van der Waals surface area contributed by atoms with Crippen LogP contribution in [0.25, 0.3) is 28.0 Å². The Kier molecular flexibility index (Phi) is 4.42. The average Bonchev–Trinajstić information content (AvgIpc) is 3.05. The molecule has 4 aromatic rings. The van der Waals surface area contributed by atoms with E-state index in [-0.39, 0.29) is 22.3 Å². The number of aromatic nitrogens is 2. The van der Waals surface area contributed by atoms with Crippen LogP contribution >= 0.6 is 0 Å². The maximum Gasteiger partial charge on any atom is 0.174 e. The first-order valence-corrected chi connectivity index (χ1v) is 8.80. The van der Waals surface area contributed by atoms with Crippen LogP contribution < -0.4 is 0 Å². The van der Waals surface area contributed by atoms with Gasteiger partial charge in [0.25, 0.3) is 0 Å². The molecule has 0 saturated heterocycles. The molecule has 0 unspecified atom stereocenters. The van der Waals surface area contributed by atoms with Crippen LogP contribution in [0.2, 0.25) is 0 Å². The van der Waals surface area contributed by atoms with Crippen LogP contribution in [-0.2, 0) is 5.60 Å². The monoisotopic (exact) mass is 400 g/mol. The number of halogens is 4. The van der Waals surface area contributed by atoms with Gasteiger partial charge >= 0.3 is 0 Å². The number of rotatable bonds is 3. The van der Waals surface area contributed by atoms with Gasteiger partial charge in [-0.15, -0.1) is 0 Å². The van der Waals surface area contributed by atoms with Crippen molar-refractivity contribution >= 4 is 5.65 Å². The summed E-state index contributed by atoms with van der Waals surface area (Å²) < 4.78 is 57.8. The van der Waals surface area contributed by atoms with Crippen LogP contribution in [0.5, 0.6) is 0 Å². The van der Waals surface area contributed by atoms with E-state index in [1.165, 1.54) is 48.7 Å². The molecule has 0 saturated carbocycles. The fourth-order valence-corrected chi connectivity index (χ4v) is 3.32. The van der Waals surface area contributed by atoms with Gasteiger partial charge in [-0.25, -0.2) is 22.5 Å². The van der Waals surface area contributed by atoms with Crippen molar-refractivity contribution in [3.8, 4) is 22.4 Å². The van der Waals surface area contributed by atoms with E-state index in [4.69, 9.17) is 0 Å². The molecule has 0 radical (unpaired) electrons.